The Bertz CT molecular complexity index is 774. The topological polar surface area (TPSA) is 34.9 Å². The lowest BCUT2D eigenvalue weighted by Crippen LogP contribution is -1.94. The lowest BCUT2D eigenvalue weighted by molar-refractivity contribution is 0.112. The van der Waals surface area contributed by atoms with Crippen molar-refractivity contribution in [1.29, 1.82) is 0 Å². The number of aromatic nitrogens is 2. The zero-order valence-electron chi connectivity index (χ0n) is 11.5. The zero-order valence-corrected chi connectivity index (χ0v) is 12.2. The molecular weight excluding hydrogens is 284 g/mol. The summed E-state index contributed by atoms with van der Waals surface area (Å²) >= 11 is 5.89. The van der Waals surface area contributed by atoms with E-state index in [9.17, 15) is 4.79 Å². The van der Waals surface area contributed by atoms with Gasteiger partial charge in [-0.05, 0) is 31.2 Å². The summed E-state index contributed by atoms with van der Waals surface area (Å²) in [6, 6.07) is 15.3. The molecule has 0 unspecified atom stereocenters. The summed E-state index contributed by atoms with van der Waals surface area (Å²) in [7, 11) is 0. The highest BCUT2D eigenvalue weighted by atomic mass is 35.5. The average Bonchev–Trinajstić information content (AvgIpc) is 2.93. The van der Waals surface area contributed by atoms with E-state index in [1.807, 2.05) is 43.3 Å². The number of carbonyl (C=O) groups is 1. The minimum absolute atomic E-state index is 0.564. The largest absolute Gasteiger partial charge is 0.298 e. The predicted octanol–water partition coefficient (Wildman–Crippen LogP) is 4.31. The van der Waals surface area contributed by atoms with Gasteiger partial charge in [-0.3, -0.25) is 4.79 Å². The summed E-state index contributed by atoms with van der Waals surface area (Å²) in [5, 5.41) is 5.19. The minimum Gasteiger partial charge on any atom is -0.298 e. The smallest absolute Gasteiger partial charge is 0.153 e. The summed E-state index contributed by atoms with van der Waals surface area (Å²) in [6.45, 7) is 2.02. The Morgan fingerprint density at radius 1 is 1.05 bits per heavy atom. The van der Waals surface area contributed by atoms with Crippen LogP contribution in [0.3, 0.4) is 0 Å². The van der Waals surface area contributed by atoms with Crippen LogP contribution in [0.25, 0.3) is 16.9 Å². The van der Waals surface area contributed by atoms with E-state index in [2.05, 4.69) is 5.10 Å². The van der Waals surface area contributed by atoms with Crippen molar-refractivity contribution in [1.82, 2.24) is 9.78 Å². The highest BCUT2D eigenvalue weighted by molar-refractivity contribution is 6.30. The molecule has 0 spiro atoms. The van der Waals surface area contributed by atoms with Gasteiger partial charge in [0.05, 0.1) is 11.3 Å². The number of halogens is 1. The third-order valence-corrected chi connectivity index (χ3v) is 3.54. The first kappa shape index (κ1) is 13.6. The van der Waals surface area contributed by atoms with Gasteiger partial charge in [0.15, 0.2) is 6.29 Å². The second-order valence-corrected chi connectivity index (χ2v) is 5.27. The van der Waals surface area contributed by atoms with Gasteiger partial charge in [0.25, 0.3) is 0 Å². The van der Waals surface area contributed by atoms with Gasteiger partial charge in [-0.25, -0.2) is 4.68 Å². The van der Waals surface area contributed by atoms with Gasteiger partial charge in [0.2, 0.25) is 0 Å². The molecule has 3 nitrogen and oxygen atoms in total. The van der Waals surface area contributed by atoms with E-state index in [0.29, 0.717) is 16.3 Å². The van der Waals surface area contributed by atoms with E-state index in [4.69, 9.17) is 11.6 Å². The van der Waals surface area contributed by atoms with Crippen molar-refractivity contribution in [2.75, 3.05) is 0 Å². The maximum absolute atomic E-state index is 11.3. The Morgan fingerprint density at radius 3 is 2.33 bits per heavy atom. The monoisotopic (exact) mass is 296 g/mol. The van der Waals surface area contributed by atoms with Crippen molar-refractivity contribution >= 4 is 17.9 Å². The standard InChI is InChI=1S/C17H13ClN2O/c1-12-2-4-13(5-3-12)17-14(11-21)10-20(19-17)16-8-6-15(18)7-9-16/h2-11H,1H3. The van der Waals surface area contributed by atoms with Crippen molar-refractivity contribution in [2.45, 2.75) is 6.92 Å². The van der Waals surface area contributed by atoms with E-state index in [-0.39, 0.29) is 0 Å². The van der Waals surface area contributed by atoms with Crippen molar-refractivity contribution < 1.29 is 4.79 Å². The molecule has 0 saturated carbocycles. The molecule has 0 fully saturated rings. The highest BCUT2D eigenvalue weighted by Gasteiger charge is 2.11. The van der Waals surface area contributed by atoms with Crippen LogP contribution in [-0.2, 0) is 0 Å². The van der Waals surface area contributed by atoms with Crippen molar-refractivity contribution in [3.8, 4) is 16.9 Å². The first-order chi connectivity index (χ1) is 10.2. The Labute approximate surface area is 127 Å². The lowest BCUT2D eigenvalue weighted by Gasteiger charge is -2.01. The highest BCUT2D eigenvalue weighted by Crippen LogP contribution is 2.23. The molecule has 0 atom stereocenters. The molecule has 3 rings (SSSR count). The SMILES string of the molecule is Cc1ccc(-c2nn(-c3ccc(Cl)cc3)cc2C=O)cc1. The number of nitrogens with zero attached hydrogens (tertiary/aromatic N) is 2. The van der Waals surface area contributed by atoms with Gasteiger partial charge in [0.1, 0.15) is 5.69 Å². The number of aryl methyl sites for hydroxylation is 1. The first-order valence-corrected chi connectivity index (χ1v) is 6.93. The number of carbonyl (C=O) groups excluding carboxylic acids is 1. The molecule has 0 saturated heterocycles. The number of hydrogen-bond acceptors (Lipinski definition) is 2. The Morgan fingerprint density at radius 2 is 1.71 bits per heavy atom. The number of hydrogen-bond donors (Lipinski definition) is 0. The molecule has 104 valence electrons. The van der Waals surface area contributed by atoms with E-state index in [1.54, 1.807) is 23.0 Å². The van der Waals surface area contributed by atoms with E-state index in [0.717, 1.165) is 17.5 Å². The van der Waals surface area contributed by atoms with E-state index in [1.165, 1.54) is 5.56 Å². The molecule has 1 aromatic heterocycles. The fourth-order valence-corrected chi connectivity index (χ4v) is 2.26. The van der Waals surface area contributed by atoms with Gasteiger partial charge in [-0.1, -0.05) is 41.4 Å². The maximum atomic E-state index is 11.3. The molecular formula is C17H13ClN2O. The van der Waals surface area contributed by atoms with Crippen LogP contribution in [0.2, 0.25) is 5.02 Å². The predicted molar refractivity (Wildman–Crippen MR) is 84.1 cm³/mol. The maximum Gasteiger partial charge on any atom is 0.153 e. The second kappa shape index (κ2) is 5.54. The van der Waals surface area contributed by atoms with Crippen LogP contribution in [0.5, 0.6) is 0 Å². The van der Waals surface area contributed by atoms with Gasteiger partial charge in [0, 0.05) is 16.8 Å². The van der Waals surface area contributed by atoms with Crippen molar-refractivity contribution in [2.24, 2.45) is 0 Å². The second-order valence-electron chi connectivity index (χ2n) is 4.84. The molecule has 2 aromatic carbocycles. The van der Waals surface area contributed by atoms with Crippen LogP contribution in [0.1, 0.15) is 15.9 Å². The Hall–Kier alpha value is -2.39. The first-order valence-electron chi connectivity index (χ1n) is 6.55. The van der Waals surface area contributed by atoms with Gasteiger partial charge < -0.3 is 0 Å². The van der Waals surface area contributed by atoms with Gasteiger partial charge in [-0.15, -0.1) is 0 Å². The van der Waals surface area contributed by atoms with Crippen LogP contribution >= 0.6 is 11.6 Å². The van der Waals surface area contributed by atoms with Crippen molar-refractivity contribution in [3.05, 3.63) is 70.9 Å². The number of benzene rings is 2. The van der Waals surface area contributed by atoms with Gasteiger partial charge >= 0.3 is 0 Å². The molecule has 0 bridgehead atoms. The molecule has 0 radical (unpaired) electrons. The zero-order chi connectivity index (χ0) is 14.8. The van der Waals surface area contributed by atoms with Crippen LogP contribution in [0.4, 0.5) is 0 Å². The lowest BCUT2D eigenvalue weighted by atomic mass is 10.1. The molecule has 4 heteroatoms. The summed E-state index contributed by atoms with van der Waals surface area (Å²) in [5.41, 5.74) is 4.20. The molecule has 0 amide bonds. The normalized spacial score (nSPS) is 10.6. The van der Waals surface area contributed by atoms with Crippen molar-refractivity contribution in [3.63, 3.8) is 0 Å². The fraction of sp³-hybridized carbons (Fsp3) is 0.0588. The molecule has 0 aliphatic heterocycles. The molecule has 0 N–H and O–H groups in total. The summed E-state index contributed by atoms with van der Waals surface area (Å²) in [5.74, 6) is 0. The van der Waals surface area contributed by atoms with Crippen LogP contribution in [0, 0.1) is 6.92 Å². The van der Waals surface area contributed by atoms with E-state index < -0.39 is 0 Å². The molecule has 3 aromatic rings. The summed E-state index contributed by atoms with van der Waals surface area (Å²) in [4.78, 5) is 11.3. The molecule has 0 aliphatic rings. The molecule has 0 aliphatic carbocycles. The average molecular weight is 297 g/mol. The summed E-state index contributed by atoms with van der Waals surface area (Å²) in [6.07, 6.45) is 2.56. The molecule has 21 heavy (non-hydrogen) atoms. The number of aldehydes is 1. The van der Waals surface area contributed by atoms with E-state index >= 15 is 0 Å². The minimum atomic E-state index is 0.564. The third kappa shape index (κ3) is 2.73. The molecule has 1 heterocycles. The Balaban J connectivity index is 2.08. The van der Waals surface area contributed by atoms with Crippen LogP contribution in [0.15, 0.2) is 54.7 Å². The van der Waals surface area contributed by atoms with Crippen LogP contribution < -0.4 is 0 Å². The third-order valence-electron chi connectivity index (χ3n) is 3.29. The summed E-state index contributed by atoms with van der Waals surface area (Å²) < 4.78 is 1.69. The number of rotatable bonds is 3. The van der Waals surface area contributed by atoms with Crippen LogP contribution in [-0.4, -0.2) is 16.1 Å². The fourth-order valence-electron chi connectivity index (χ4n) is 2.14. The Kier molecular flexibility index (Phi) is 3.59. The quantitative estimate of drug-likeness (QED) is 0.675. The van der Waals surface area contributed by atoms with Gasteiger partial charge in [-0.2, -0.15) is 5.10 Å².